The van der Waals surface area contributed by atoms with E-state index in [2.05, 4.69) is 0 Å². The van der Waals surface area contributed by atoms with E-state index < -0.39 is 143 Å². The van der Waals surface area contributed by atoms with E-state index in [0.29, 0.717) is 5.56 Å². The molecule has 0 spiro atoms. The van der Waals surface area contributed by atoms with Crippen LogP contribution in [0, 0.1) is 0 Å². The molecule has 0 saturated carbocycles. The molecule has 0 amide bonds. The van der Waals surface area contributed by atoms with Gasteiger partial charge in [0.25, 0.3) is 0 Å². The van der Waals surface area contributed by atoms with E-state index in [4.69, 9.17) is 23.6 Å². The van der Waals surface area contributed by atoms with Crippen LogP contribution in [0.4, 0.5) is 0 Å². The summed E-state index contributed by atoms with van der Waals surface area (Å²) in [6, 6.07) is -1.59. The van der Waals surface area contributed by atoms with Crippen LogP contribution in [0.25, 0.3) is 88.0 Å². The van der Waals surface area contributed by atoms with Crippen LogP contribution in [0.15, 0.2) is 174 Å². The number of para-hydroxylation sites is 1. The first-order valence-corrected chi connectivity index (χ1v) is 13.8. The summed E-state index contributed by atoms with van der Waals surface area (Å²) in [4.78, 5) is 0. The average Bonchev–Trinajstić information content (AvgIpc) is 3.68. The Morgan fingerprint density at radius 2 is 1.02 bits per heavy atom. The fourth-order valence-electron chi connectivity index (χ4n) is 5.79. The average molecular weight is 593 g/mol. The highest BCUT2D eigenvalue weighted by Crippen LogP contribution is 2.50. The minimum atomic E-state index is -0.796. The van der Waals surface area contributed by atoms with Crippen molar-refractivity contribution < 1.29 is 31.8 Å². The van der Waals surface area contributed by atoms with E-state index in [1.54, 1.807) is 30.3 Å². The standard InChI is InChI=1S/C44H28O/c1-3-15-30(16-4-1)34-24-13-25-39-42(43(45-44(34)39)33-27-26-29-14-7-8-19-32(29)28-33)41-37-22-11-9-20-35(37)40(31-17-5-2-6-18-31)36-21-10-12-23-38(36)41/h1-28H/i1D,3D,4D,7D,8D,9D,10D,11D,12D,14D,15D,16D,19D,20D,21D,22D,23D,26D,27D,28D. The third-order valence-electron chi connectivity index (χ3n) is 7.65. The highest BCUT2D eigenvalue weighted by molar-refractivity contribution is 6.25. The zero-order valence-corrected chi connectivity index (χ0v) is 23.0. The summed E-state index contributed by atoms with van der Waals surface area (Å²) >= 11 is 0. The van der Waals surface area contributed by atoms with E-state index in [1.165, 1.54) is 18.2 Å². The fourth-order valence-corrected chi connectivity index (χ4v) is 5.79. The lowest BCUT2D eigenvalue weighted by molar-refractivity contribution is 0.633. The molecule has 0 saturated heterocycles. The largest absolute Gasteiger partial charge is 0.455 e. The summed E-state index contributed by atoms with van der Waals surface area (Å²) in [5, 5.41) is -1.97. The fraction of sp³-hybridized carbons (Fsp3) is 0. The highest BCUT2D eigenvalue weighted by atomic mass is 16.3. The molecule has 0 fully saturated rings. The zero-order chi connectivity index (χ0) is 47.1. The Kier molecular flexibility index (Phi) is 2.90. The van der Waals surface area contributed by atoms with Crippen molar-refractivity contribution in [2.24, 2.45) is 0 Å². The van der Waals surface area contributed by atoms with Crippen molar-refractivity contribution in [2.45, 2.75) is 0 Å². The molecule has 9 aromatic rings. The third kappa shape index (κ3) is 4.09. The van der Waals surface area contributed by atoms with Crippen LogP contribution in [-0.4, -0.2) is 0 Å². The first-order chi connectivity index (χ1) is 30.7. The van der Waals surface area contributed by atoms with Gasteiger partial charge in [-0.05, 0) is 55.1 Å². The van der Waals surface area contributed by atoms with E-state index in [9.17, 15) is 8.22 Å². The van der Waals surface area contributed by atoms with Crippen LogP contribution in [0.1, 0.15) is 27.4 Å². The second-order valence-corrected chi connectivity index (χ2v) is 10.1. The molecule has 0 unspecified atom stereocenters. The van der Waals surface area contributed by atoms with Gasteiger partial charge < -0.3 is 4.42 Å². The van der Waals surface area contributed by atoms with Gasteiger partial charge in [-0.15, -0.1) is 0 Å². The molecular weight excluding hydrogens is 544 g/mol. The van der Waals surface area contributed by atoms with E-state index in [1.807, 2.05) is 0 Å². The molecule has 210 valence electrons. The molecular formula is C44H28O. The summed E-state index contributed by atoms with van der Waals surface area (Å²) in [5.41, 5.74) is -1.55. The van der Waals surface area contributed by atoms with Crippen molar-refractivity contribution in [1.82, 2.24) is 0 Å². The number of rotatable bonds is 4. The monoisotopic (exact) mass is 592 g/mol. The number of hydrogen-bond donors (Lipinski definition) is 0. The van der Waals surface area contributed by atoms with E-state index in [0.717, 1.165) is 0 Å². The van der Waals surface area contributed by atoms with Crippen LogP contribution in [0.2, 0.25) is 0 Å². The quantitative estimate of drug-likeness (QED) is 0.185. The molecule has 1 nitrogen and oxygen atoms in total. The summed E-state index contributed by atoms with van der Waals surface area (Å²) in [6.45, 7) is 0. The van der Waals surface area contributed by atoms with Gasteiger partial charge in [-0.3, -0.25) is 0 Å². The van der Waals surface area contributed by atoms with E-state index >= 15 is 0 Å². The first kappa shape index (κ1) is 12.6. The maximum Gasteiger partial charge on any atom is 0.143 e. The zero-order valence-electron chi connectivity index (χ0n) is 43.0. The molecule has 0 bridgehead atoms. The molecule has 8 aromatic carbocycles. The lowest BCUT2D eigenvalue weighted by atomic mass is 9.84. The molecule has 0 radical (unpaired) electrons. The van der Waals surface area contributed by atoms with Gasteiger partial charge in [0.1, 0.15) is 11.3 Å². The number of hydrogen-bond acceptors (Lipinski definition) is 1. The van der Waals surface area contributed by atoms with Crippen molar-refractivity contribution in [3.8, 4) is 44.7 Å². The number of furan rings is 1. The summed E-state index contributed by atoms with van der Waals surface area (Å²) in [5.74, 6) is -0.535. The Labute approximate surface area is 289 Å². The Morgan fingerprint density at radius 1 is 0.400 bits per heavy atom. The smallest absolute Gasteiger partial charge is 0.143 e. The second-order valence-electron chi connectivity index (χ2n) is 10.1. The van der Waals surface area contributed by atoms with Crippen LogP contribution < -0.4 is 0 Å². The molecule has 0 aliphatic heterocycles. The predicted octanol–water partition coefficient (Wildman–Crippen LogP) is 12.6. The predicted molar refractivity (Wildman–Crippen MR) is 190 cm³/mol. The second kappa shape index (κ2) is 10.4. The van der Waals surface area contributed by atoms with Crippen LogP contribution in [-0.2, 0) is 0 Å². The van der Waals surface area contributed by atoms with Crippen LogP contribution in [0.5, 0.6) is 0 Å². The van der Waals surface area contributed by atoms with Crippen molar-refractivity contribution >= 4 is 43.3 Å². The Balaban J connectivity index is 1.65. The molecule has 9 rings (SSSR count). The first-order valence-electron chi connectivity index (χ1n) is 23.8. The SMILES string of the molecule is [2H]c1c([2H])c([2H])c(-c2cccc3c(-c4c5c([2H])c([2H])c([2H])c([2H])c5c(-c5ccccc5)c5c([2H])c([2H])c([2H])c([2H])c45)c(-c4c([2H])c([2H])c5c([2H])c([2H])c([2H])c([2H])c5c4[2H])oc23)c([2H])c1[2H]. The van der Waals surface area contributed by atoms with Gasteiger partial charge in [0.05, 0.1) is 27.4 Å². The maximum absolute atomic E-state index is 9.58. The van der Waals surface area contributed by atoms with E-state index in [-0.39, 0.29) is 60.3 Å². The van der Waals surface area contributed by atoms with Crippen molar-refractivity contribution in [1.29, 1.82) is 0 Å². The maximum atomic E-state index is 9.58. The molecule has 0 aliphatic rings. The molecule has 1 aromatic heterocycles. The lowest BCUT2D eigenvalue weighted by Gasteiger charge is -2.18. The normalized spacial score (nSPS) is 17.8. The Bertz CT molecular complexity index is 3540. The minimum absolute atomic E-state index is 0.0185. The van der Waals surface area contributed by atoms with Gasteiger partial charge in [0.15, 0.2) is 0 Å². The van der Waals surface area contributed by atoms with Gasteiger partial charge in [-0.25, -0.2) is 0 Å². The van der Waals surface area contributed by atoms with Crippen LogP contribution >= 0.6 is 0 Å². The third-order valence-corrected chi connectivity index (χ3v) is 7.65. The lowest BCUT2D eigenvalue weighted by Crippen LogP contribution is -1.91. The number of benzene rings is 8. The Morgan fingerprint density at radius 3 is 1.73 bits per heavy atom. The molecule has 0 N–H and O–H groups in total. The summed E-state index contributed by atoms with van der Waals surface area (Å²) in [7, 11) is 0. The minimum Gasteiger partial charge on any atom is -0.455 e. The topological polar surface area (TPSA) is 13.1 Å². The van der Waals surface area contributed by atoms with Gasteiger partial charge >= 0.3 is 0 Å². The van der Waals surface area contributed by atoms with Gasteiger partial charge in [0, 0.05) is 27.6 Å². The molecule has 1 heterocycles. The van der Waals surface area contributed by atoms with Crippen molar-refractivity contribution in [3.63, 3.8) is 0 Å². The van der Waals surface area contributed by atoms with Gasteiger partial charge in [-0.2, -0.15) is 0 Å². The summed E-state index contributed by atoms with van der Waals surface area (Å²) < 4.78 is 185. The van der Waals surface area contributed by atoms with Gasteiger partial charge in [-0.1, -0.05) is 163 Å². The van der Waals surface area contributed by atoms with Crippen molar-refractivity contribution in [3.05, 3.63) is 169 Å². The highest BCUT2D eigenvalue weighted by Gasteiger charge is 2.25. The summed E-state index contributed by atoms with van der Waals surface area (Å²) in [6.07, 6.45) is 0. The molecule has 45 heavy (non-hydrogen) atoms. The van der Waals surface area contributed by atoms with Crippen LogP contribution in [0.3, 0.4) is 0 Å². The van der Waals surface area contributed by atoms with Gasteiger partial charge in [0.2, 0.25) is 0 Å². The van der Waals surface area contributed by atoms with Crippen molar-refractivity contribution in [2.75, 3.05) is 0 Å². The molecule has 0 atom stereocenters. The molecule has 0 aliphatic carbocycles. The Hall–Kier alpha value is -5.92. The molecule has 1 heteroatoms. The number of fused-ring (bicyclic) bond motifs is 4.